The standard InChI is InChI=1S/C9H6BrO/c1-6-5-7-3-2-4-8(10)9(7)11-6/h2-5H,1H2. The van der Waals surface area contributed by atoms with Gasteiger partial charge in [0.05, 0.1) is 4.47 Å². The van der Waals surface area contributed by atoms with E-state index in [9.17, 15) is 0 Å². The van der Waals surface area contributed by atoms with E-state index in [4.69, 9.17) is 4.42 Å². The number of hydrogen-bond acceptors (Lipinski definition) is 1. The van der Waals surface area contributed by atoms with Gasteiger partial charge in [0.25, 0.3) is 0 Å². The number of halogens is 1. The van der Waals surface area contributed by atoms with Gasteiger partial charge in [-0.15, -0.1) is 0 Å². The smallest absolute Gasteiger partial charge is 0.148 e. The summed E-state index contributed by atoms with van der Waals surface area (Å²) in [7, 11) is 0. The Labute approximate surface area is 73.1 Å². The normalized spacial score (nSPS) is 10.7. The molecule has 0 bridgehead atoms. The highest BCUT2D eigenvalue weighted by Crippen LogP contribution is 2.26. The van der Waals surface area contributed by atoms with E-state index in [0.717, 1.165) is 15.4 Å². The van der Waals surface area contributed by atoms with E-state index >= 15 is 0 Å². The fourth-order valence-corrected chi connectivity index (χ4v) is 1.54. The molecule has 11 heavy (non-hydrogen) atoms. The lowest BCUT2D eigenvalue weighted by Gasteiger charge is -1.89. The van der Waals surface area contributed by atoms with Crippen molar-refractivity contribution in [3.8, 4) is 0 Å². The molecule has 0 unspecified atom stereocenters. The number of furan rings is 1. The SMILES string of the molecule is [CH2]c1cc2cccc(Br)c2o1. The summed E-state index contributed by atoms with van der Waals surface area (Å²) in [4.78, 5) is 0. The Kier molecular flexibility index (Phi) is 1.50. The summed E-state index contributed by atoms with van der Waals surface area (Å²) < 4.78 is 6.32. The van der Waals surface area contributed by atoms with Crippen LogP contribution in [0.25, 0.3) is 11.0 Å². The predicted octanol–water partition coefficient (Wildman–Crippen LogP) is 3.38. The van der Waals surface area contributed by atoms with E-state index in [1.54, 1.807) is 0 Å². The van der Waals surface area contributed by atoms with Crippen LogP contribution in [0.1, 0.15) is 5.76 Å². The maximum atomic E-state index is 5.34. The quantitative estimate of drug-likeness (QED) is 0.649. The monoisotopic (exact) mass is 209 g/mol. The fourth-order valence-electron chi connectivity index (χ4n) is 1.08. The van der Waals surface area contributed by atoms with Gasteiger partial charge < -0.3 is 4.42 Å². The Morgan fingerprint density at radius 1 is 1.36 bits per heavy atom. The second-order valence-electron chi connectivity index (χ2n) is 2.37. The lowest BCUT2D eigenvalue weighted by molar-refractivity contribution is 0.593. The van der Waals surface area contributed by atoms with E-state index in [1.165, 1.54) is 0 Å². The molecule has 0 aliphatic heterocycles. The van der Waals surface area contributed by atoms with E-state index in [0.29, 0.717) is 5.76 Å². The second kappa shape index (κ2) is 2.38. The van der Waals surface area contributed by atoms with Gasteiger partial charge in [-0.25, -0.2) is 0 Å². The van der Waals surface area contributed by atoms with E-state index in [1.807, 2.05) is 24.3 Å². The van der Waals surface area contributed by atoms with Crippen LogP contribution >= 0.6 is 15.9 Å². The molecule has 2 rings (SSSR count). The molecular weight excluding hydrogens is 204 g/mol. The maximum Gasteiger partial charge on any atom is 0.148 e. The number of fused-ring (bicyclic) bond motifs is 1. The molecule has 2 aromatic rings. The third-order valence-electron chi connectivity index (χ3n) is 1.55. The molecule has 0 N–H and O–H groups in total. The summed E-state index contributed by atoms with van der Waals surface area (Å²) in [6, 6.07) is 7.84. The van der Waals surface area contributed by atoms with Gasteiger partial charge in [0.15, 0.2) is 0 Å². The molecular formula is C9H6BrO. The molecule has 0 amide bonds. The molecule has 0 fully saturated rings. The Balaban J connectivity index is 2.90. The first-order valence-corrected chi connectivity index (χ1v) is 4.07. The summed E-state index contributed by atoms with van der Waals surface area (Å²) in [5, 5.41) is 1.09. The summed E-state index contributed by atoms with van der Waals surface area (Å²) >= 11 is 3.39. The minimum Gasteiger partial charge on any atom is -0.460 e. The van der Waals surface area contributed by atoms with Gasteiger partial charge >= 0.3 is 0 Å². The molecule has 0 aliphatic rings. The molecule has 1 heterocycles. The largest absolute Gasteiger partial charge is 0.460 e. The highest BCUT2D eigenvalue weighted by atomic mass is 79.9. The number of para-hydroxylation sites is 1. The maximum absolute atomic E-state index is 5.34. The average Bonchev–Trinajstić information content (AvgIpc) is 2.31. The highest BCUT2D eigenvalue weighted by Gasteiger charge is 2.01. The van der Waals surface area contributed by atoms with Crippen molar-refractivity contribution in [3.05, 3.63) is 41.4 Å². The van der Waals surface area contributed by atoms with Gasteiger partial charge in [-0.05, 0) is 28.1 Å². The van der Waals surface area contributed by atoms with Crippen molar-refractivity contribution < 1.29 is 4.42 Å². The molecule has 0 saturated carbocycles. The molecule has 0 spiro atoms. The van der Waals surface area contributed by atoms with Gasteiger partial charge in [-0.2, -0.15) is 0 Å². The Bertz CT molecular complexity index is 389. The minimum absolute atomic E-state index is 0.701. The van der Waals surface area contributed by atoms with Crippen molar-refractivity contribution in [1.29, 1.82) is 0 Å². The zero-order chi connectivity index (χ0) is 7.84. The third kappa shape index (κ3) is 1.07. The summed E-state index contributed by atoms with van der Waals surface area (Å²) in [6.07, 6.45) is 0. The molecule has 1 nitrogen and oxygen atoms in total. The van der Waals surface area contributed by atoms with Crippen LogP contribution in [0.4, 0.5) is 0 Å². The molecule has 1 radical (unpaired) electrons. The summed E-state index contributed by atoms with van der Waals surface area (Å²) in [5.41, 5.74) is 0.873. The second-order valence-corrected chi connectivity index (χ2v) is 3.23. The van der Waals surface area contributed by atoms with Crippen molar-refractivity contribution >= 4 is 26.9 Å². The minimum atomic E-state index is 0.701. The first-order chi connectivity index (χ1) is 5.27. The molecule has 1 aromatic heterocycles. The van der Waals surface area contributed by atoms with Crippen LogP contribution < -0.4 is 0 Å². The predicted molar refractivity (Wildman–Crippen MR) is 48.4 cm³/mol. The first kappa shape index (κ1) is 6.92. The van der Waals surface area contributed by atoms with Crippen LogP contribution in [0, 0.1) is 6.92 Å². The van der Waals surface area contributed by atoms with Crippen molar-refractivity contribution in [2.75, 3.05) is 0 Å². The van der Waals surface area contributed by atoms with Gasteiger partial charge in [-0.3, -0.25) is 0 Å². The first-order valence-electron chi connectivity index (χ1n) is 3.27. The molecule has 1 aromatic carbocycles. The van der Waals surface area contributed by atoms with Crippen molar-refractivity contribution in [2.45, 2.75) is 0 Å². The molecule has 0 aliphatic carbocycles. The summed E-state index contributed by atoms with van der Waals surface area (Å²) in [6.45, 7) is 3.71. The average molecular weight is 210 g/mol. The Hall–Kier alpha value is -0.760. The van der Waals surface area contributed by atoms with Gasteiger partial charge in [0, 0.05) is 12.3 Å². The third-order valence-corrected chi connectivity index (χ3v) is 2.17. The molecule has 55 valence electrons. The van der Waals surface area contributed by atoms with Crippen LogP contribution in [0.3, 0.4) is 0 Å². The Morgan fingerprint density at radius 3 is 2.91 bits per heavy atom. The highest BCUT2D eigenvalue weighted by molar-refractivity contribution is 9.10. The summed E-state index contributed by atoms with van der Waals surface area (Å²) in [5.74, 6) is 0.701. The van der Waals surface area contributed by atoms with Gasteiger partial charge in [0.2, 0.25) is 0 Å². The lowest BCUT2D eigenvalue weighted by Crippen LogP contribution is -1.63. The van der Waals surface area contributed by atoms with E-state index in [-0.39, 0.29) is 0 Å². The number of benzene rings is 1. The number of rotatable bonds is 0. The number of hydrogen-bond donors (Lipinski definition) is 0. The zero-order valence-corrected chi connectivity index (χ0v) is 7.39. The molecule has 0 saturated heterocycles. The van der Waals surface area contributed by atoms with Crippen molar-refractivity contribution in [1.82, 2.24) is 0 Å². The van der Waals surface area contributed by atoms with Gasteiger partial charge in [-0.1, -0.05) is 12.1 Å². The van der Waals surface area contributed by atoms with Crippen LogP contribution in [0.15, 0.2) is 33.2 Å². The lowest BCUT2D eigenvalue weighted by atomic mass is 10.2. The Morgan fingerprint density at radius 2 is 2.18 bits per heavy atom. The van der Waals surface area contributed by atoms with Crippen LogP contribution in [0.2, 0.25) is 0 Å². The molecule has 0 atom stereocenters. The zero-order valence-electron chi connectivity index (χ0n) is 5.80. The van der Waals surface area contributed by atoms with Crippen LogP contribution in [-0.4, -0.2) is 0 Å². The van der Waals surface area contributed by atoms with Crippen LogP contribution in [-0.2, 0) is 0 Å². The fraction of sp³-hybridized carbons (Fsp3) is 0. The molecule has 2 heteroatoms. The van der Waals surface area contributed by atoms with E-state index in [2.05, 4.69) is 22.9 Å². The van der Waals surface area contributed by atoms with Crippen LogP contribution in [0.5, 0.6) is 0 Å². The van der Waals surface area contributed by atoms with Crippen molar-refractivity contribution in [2.24, 2.45) is 0 Å². The van der Waals surface area contributed by atoms with Crippen molar-refractivity contribution in [3.63, 3.8) is 0 Å². The topological polar surface area (TPSA) is 13.1 Å². The van der Waals surface area contributed by atoms with E-state index < -0.39 is 0 Å². The van der Waals surface area contributed by atoms with Gasteiger partial charge in [0.1, 0.15) is 11.3 Å².